The summed E-state index contributed by atoms with van der Waals surface area (Å²) < 4.78 is 1.82. The van der Waals surface area contributed by atoms with Crippen LogP contribution in [0.25, 0.3) is 5.69 Å². The van der Waals surface area contributed by atoms with Gasteiger partial charge in [-0.2, -0.15) is 10.2 Å². The van der Waals surface area contributed by atoms with Crippen LogP contribution in [0.5, 0.6) is 5.75 Å². The maximum Gasteiger partial charge on any atom is 0.130 e. The minimum atomic E-state index is 0.201. The Kier molecular flexibility index (Phi) is 4.12. The van der Waals surface area contributed by atoms with Crippen LogP contribution in [0.4, 0.5) is 11.4 Å². The second kappa shape index (κ2) is 6.22. The molecule has 3 rings (SSSR count). The SMILES string of the molecule is Cc1nn(-c2ccc(Cl)cc2)c(C)c1N=Nc1ccc(O)cc1. The van der Waals surface area contributed by atoms with Crippen LogP contribution in [0.2, 0.25) is 5.02 Å². The van der Waals surface area contributed by atoms with Gasteiger partial charge in [0.2, 0.25) is 0 Å². The van der Waals surface area contributed by atoms with Crippen LogP contribution in [0.3, 0.4) is 0 Å². The number of benzene rings is 2. The van der Waals surface area contributed by atoms with Crippen LogP contribution in [0, 0.1) is 13.8 Å². The van der Waals surface area contributed by atoms with Gasteiger partial charge in [-0.3, -0.25) is 0 Å². The van der Waals surface area contributed by atoms with Crippen molar-refractivity contribution in [1.82, 2.24) is 9.78 Å². The zero-order valence-electron chi connectivity index (χ0n) is 12.7. The minimum absolute atomic E-state index is 0.201. The molecule has 6 heteroatoms. The highest BCUT2D eigenvalue weighted by Crippen LogP contribution is 2.28. The number of hydrogen-bond donors (Lipinski definition) is 1. The quantitative estimate of drug-likeness (QED) is 0.667. The average Bonchev–Trinajstić information content (AvgIpc) is 2.82. The maximum atomic E-state index is 9.28. The fourth-order valence-electron chi connectivity index (χ4n) is 2.24. The number of azo groups is 1. The van der Waals surface area contributed by atoms with Gasteiger partial charge in [0.1, 0.15) is 11.4 Å². The number of halogens is 1. The lowest BCUT2D eigenvalue weighted by molar-refractivity contribution is 0.475. The smallest absolute Gasteiger partial charge is 0.130 e. The Morgan fingerprint density at radius 1 is 0.957 bits per heavy atom. The van der Waals surface area contributed by atoms with Crippen molar-refractivity contribution in [1.29, 1.82) is 0 Å². The molecule has 1 heterocycles. The largest absolute Gasteiger partial charge is 0.508 e. The predicted octanol–water partition coefficient (Wildman–Crippen LogP) is 5.26. The molecule has 0 fully saturated rings. The number of nitrogens with zero attached hydrogens (tertiary/aromatic N) is 4. The zero-order chi connectivity index (χ0) is 16.4. The standard InChI is InChI=1S/C17H15ClN4O/c1-11-17(20-19-14-5-9-16(23)10-6-14)12(2)22(21-11)15-7-3-13(18)4-8-15/h3-10,23H,1-2H3. The minimum Gasteiger partial charge on any atom is -0.508 e. The highest BCUT2D eigenvalue weighted by atomic mass is 35.5. The van der Waals surface area contributed by atoms with Crippen molar-refractivity contribution >= 4 is 23.0 Å². The van der Waals surface area contributed by atoms with E-state index >= 15 is 0 Å². The first-order valence-electron chi connectivity index (χ1n) is 7.07. The monoisotopic (exact) mass is 326 g/mol. The van der Waals surface area contributed by atoms with E-state index in [1.807, 2.05) is 42.8 Å². The molecule has 23 heavy (non-hydrogen) atoms. The third-order valence-corrected chi connectivity index (χ3v) is 3.69. The molecule has 0 radical (unpaired) electrons. The molecule has 0 amide bonds. The van der Waals surface area contributed by atoms with Crippen LogP contribution in [0.1, 0.15) is 11.4 Å². The van der Waals surface area contributed by atoms with Crippen LogP contribution < -0.4 is 0 Å². The molecular formula is C17H15ClN4O. The van der Waals surface area contributed by atoms with Crippen molar-refractivity contribution in [3.8, 4) is 11.4 Å². The summed E-state index contributed by atoms with van der Waals surface area (Å²) in [5.41, 5.74) is 4.00. The Balaban J connectivity index is 1.94. The van der Waals surface area contributed by atoms with Crippen LogP contribution in [0.15, 0.2) is 58.8 Å². The van der Waals surface area contributed by atoms with Gasteiger partial charge in [0.05, 0.1) is 22.8 Å². The molecule has 0 saturated heterocycles. The molecule has 0 bridgehead atoms. The first-order valence-corrected chi connectivity index (χ1v) is 7.45. The molecule has 0 atom stereocenters. The van der Waals surface area contributed by atoms with Gasteiger partial charge in [0.25, 0.3) is 0 Å². The zero-order valence-corrected chi connectivity index (χ0v) is 13.5. The van der Waals surface area contributed by atoms with E-state index in [2.05, 4.69) is 15.3 Å². The molecule has 3 aromatic rings. The van der Waals surface area contributed by atoms with E-state index in [0.29, 0.717) is 10.7 Å². The van der Waals surface area contributed by atoms with Crippen molar-refractivity contribution in [2.75, 3.05) is 0 Å². The highest BCUT2D eigenvalue weighted by Gasteiger charge is 2.12. The molecule has 2 aromatic carbocycles. The fraction of sp³-hybridized carbons (Fsp3) is 0.118. The van der Waals surface area contributed by atoms with Gasteiger partial charge in [-0.15, -0.1) is 5.11 Å². The van der Waals surface area contributed by atoms with E-state index in [0.717, 1.165) is 22.8 Å². The first-order chi connectivity index (χ1) is 11.0. The first kappa shape index (κ1) is 15.2. The number of hydrogen-bond acceptors (Lipinski definition) is 4. The number of rotatable bonds is 3. The van der Waals surface area contributed by atoms with Gasteiger partial charge >= 0.3 is 0 Å². The van der Waals surface area contributed by atoms with E-state index in [1.165, 1.54) is 0 Å². The van der Waals surface area contributed by atoms with E-state index in [1.54, 1.807) is 24.3 Å². The third kappa shape index (κ3) is 3.24. The van der Waals surface area contributed by atoms with Gasteiger partial charge in [0.15, 0.2) is 0 Å². The van der Waals surface area contributed by atoms with Crippen molar-refractivity contribution in [3.05, 3.63) is 64.9 Å². The van der Waals surface area contributed by atoms with Gasteiger partial charge in [0, 0.05) is 5.02 Å². The van der Waals surface area contributed by atoms with E-state index in [4.69, 9.17) is 11.6 Å². The number of phenolic OH excluding ortho intramolecular Hbond substituents is 1. The summed E-state index contributed by atoms with van der Waals surface area (Å²) in [5.74, 6) is 0.201. The molecule has 0 aliphatic heterocycles. The van der Waals surface area contributed by atoms with Crippen LogP contribution in [-0.4, -0.2) is 14.9 Å². The van der Waals surface area contributed by atoms with Crippen molar-refractivity contribution < 1.29 is 5.11 Å². The van der Waals surface area contributed by atoms with E-state index in [-0.39, 0.29) is 5.75 Å². The summed E-state index contributed by atoms with van der Waals surface area (Å²) in [5, 5.41) is 23.0. The molecule has 116 valence electrons. The molecule has 5 nitrogen and oxygen atoms in total. The van der Waals surface area contributed by atoms with Crippen LogP contribution in [-0.2, 0) is 0 Å². The number of aromatic nitrogens is 2. The van der Waals surface area contributed by atoms with Crippen LogP contribution >= 0.6 is 11.6 Å². The summed E-state index contributed by atoms with van der Waals surface area (Å²) >= 11 is 5.92. The molecule has 0 unspecified atom stereocenters. The van der Waals surface area contributed by atoms with Crippen molar-refractivity contribution in [3.63, 3.8) is 0 Å². The summed E-state index contributed by atoms with van der Waals surface area (Å²) in [6.07, 6.45) is 0. The van der Waals surface area contributed by atoms with Gasteiger partial charge in [-0.1, -0.05) is 11.6 Å². The molecule has 0 aliphatic rings. The Hall–Kier alpha value is -2.66. The van der Waals surface area contributed by atoms with Gasteiger partial charge in [-0.25, -0.2) is 4.68 Å². The Morgan fingerprint density at radius 2 is 1.61 bits per heavy atom. The van der Waals surface area contributed by atoms with E-state index in [9.17, 15) is 5.11 Å². The lowest BCUT2D eigenvalue weighted by Gasteiger charge is -2.03. The summed E-state index contributed by atoms with van der Waals surface area (Å²) in [7, 11) is 0. The summed E-state index contributed by atoms with van der Waals surface area (Å²) in [6.45, 7) is 3.84. The average molecular weight is 327 g/mol. The maximum absolute atomic E-state index is 9.28. The Bertz CT molecular complexity index is 852. The topological polar surface area (TPSA) is 62.8 Å². The molecule has 0 saturated carbocycles. The lowest BCUT2D eigenvalue weighted by atomic mass is 10.3. The predicted molar refractivity (Wildman–Crippen MR) is 90.3 cm³/mol. The molecule has 1 aromatic heterocycles. The lowest BCUT2D eigenvalue weighted by Crippen LogP contribution is -1.98. The summed E-state index contributed by atoms with van der Waals surface area (Å²) in [6, 6.07) is 14.0. The molecule has 0 aliphatic carbocycles. The number of aryl methyl sites for hydroxylation is 1. The van der Waals surface area contributed by atoms with Crippen molar-refractivity contribution in [2.24, 2.45) is 10.2 Å². The highest BCUT2D eigenvalue weighted by molar-refractivity contribution is 6.30. The number of phenols is 1. The van der Waals surface area contributed by atoms with Gasteiger partial charge in [-0.05, 0) is 62.4 Å². The molecule has 0 spiro atoms. The number of aromatic hydroxyl groups is 1. The second-order valence-corrected chi connectivity index (χ2v) is 5.56. The second-order valence-electron chi connectivity index (χ2n) is 5.12. The fourth-order valence-corrected chi connectivity index (χ4v) is 2.37. The third-order valence-electron chi connectivity index (χ3n) is 3.44. The normalized spacial score (nSPS) is 11.3. The van der Waals surface area contributed by atoms with Gasteiger partial charge < -0.3 is 5.11 Å². The molecular weight excluding hydrogens is 312 g/mol. The Morgan fingerprint density at radius 3 is 2.26 bits per heavy atom. The summed E-state index contributed by atoms with van der Waals surface area (Å²) in [4.78, 5) is 0. The van der Waals surface area contributed by atoms with Crippen molar-refractivity contribution in [2.45, 2.75) is 13.8 Å². The molecule has 1 N–H and O–H groups in total. The van der Waals surface area contributed by atoms with E-state index < -0.39 is 0 Å². The Labute approximate surface area is 138 Å².